The van der Waals surface area contributed by atoms with E-state index in [0.717, 1.165) is 17.1 Å². The third kappa shape index (κ3) is 3.17. The lowest BCUT2D eigenvalue weighted by atomic mass is 10.1. The van der Waals surface area contributed by atoms with Crippen LogP contribution >= 0.6 is 0 Å². The van der Waals surface area contributed by atoms with Crippen molar-refractivity contribution < 1.29 is 17.6 Å². The number of aryl methyl sites for hydroxylation is 1. The van der Waals surface area contributed by atoms with Crippen molar-refractivity contribution in [2.75, 3.05) is 24.2 Å². The summed E-state index contributed by atoms with van der Waals surface area (Å²) in [5.41, 5.74) is 2.10. The van der Waals surface area contributed by atoms with Gasteiger partial charge in [0.1, 0.15) is 11.5 Å². The van der Waals surface area contributed by atoms with Crippen molar-refractivity contribution >= 4 is 21.6 Å². The van der Waals surface area contributed by atoms with Crippen molar-refractivity contribution in [2.45, 2.75) is 19.9 Å². The minimum Gasteiger partial charge on any atom is -0.464 e. The Morgan fingerprint density at radius 2 is 2.04 bits per heavy atom. The second-order valence-electron chi connectivity index (χ2n) is 6.10. The number of carbonyl (C=O) groups is 1. The number of anilines is 1. The number of furan rings is 1. The van der Waals surface area contributed by atoms with Crippen LogP contribution in [0.2, 0.25) is 0 Å². The van der Waals surface area contributed by atoms with Crippen LogP contribution in [0.5, 0.6) is 0 Å². The number of nitrogens with zero attached hydrogens (tertiary/aromatic N) is 2. The molecule has 6 nitrogen and oxygen atoms in total. The Morgan fingerprint density at radius 3 is 2.67 bits per heavy atom. The average molecular weight is 348 g/mol. The van der Waals surface area contributed by atoms with E-state index in [-0.39, 0.29) is 5.91 Å². The molecule has 1 aromatic carbocycles. The summed E-state index contributed by atoms with van der Waals surface area (Å²) in [5.74, 6) is 1.42. The van der Waals surface area contributed by atoms with E-state index in [0.29, 0.717) is 30.8 Å². The zero-order valence-corrected chi connectivity index (χ0v) is 14.8. The predicted octanol–water partition coefficient (Wildman–Crippen LogP) is 2.18. The van der Waals surface area contributed by atoms with Crippen molar-refractivity contribution in [1.29, 1.82) is 0 Å². The molecule has 0 fully saturated rings. The first-order valence-corrected chi connectivity index (χ1v) is 9.52. The molecule has 1 aromatic heterocycles. The van der Waals surface area contributed by atoms with E-state index in [1.54, 1.807) is 30.1 Å². The minimum atomic E-state index is -3.28. The molecule has 1 aliphatic heterocycles. The Hall–Kier alpha value is -2.28. The van der Waals surface area contributed by atoms with Crippen LogP contribution in [-0.2, 0) is 23.0 Å². The van der Waals surface area contributed by atoms with Crippen LogP contribution in [-0.4, -0.2) is 39.1 Å². The highest BCUT2D eigenvalue weighted by molar-refractivity contribution is 7.92. The molecule has 0 atom stereocenters. The average Bonchev–Trinajstić information content (AvgIpc) is 3.11. The molecule has 2 aromatic rings. The molecule has 0 aliphatic carbocycles. The highest BCUT2D eigenvalue weighted by atomic mass is 32.2. The Labute approximate surface area is 141 Å². The summed E-state index contributed by atoms with van der Waals surface area (Å²) < 4.78 is 30.4. The SMILES string of the molecule is Cc1ccc(CN(C)C(=O)c2ccc3c(c2)CCN3S(C)(=O)=O)o1. The van der Waals surface area contributed by atoms with Crippen molar-refractivity contribution in [3.63, 3.8) is 0 Å². The van der Waals surface area contributed by atoms with Crippen molar-refractivity contribution in [1.82, 2.24) is 4.90 Å². The molecule has 128 valence electrons. The number of benzene rings is 1. The van der Waals surface area contributed by atoms with Gasteiger partial charge >= 0.3 is 0 Å². The molecule has 1 amide bonds. The maximum Gasteiger partial charge on any atom is 0.254 e. The molecule has 0 N–H and O–H groups in total. The molecular weight excluding hydrogens is 328 g/mol. The van der Waals surface area contributed by atoms with E-state index in [1.165, 1.54) is 10.6 Å². The number of amides is 1. The Morgan fingerprint density at radius 1 is 1.29 bits per heavy atom. The van der Waals surface area contributed by atoms with Crippen molar-refractivity contribution in [3.8, 4) is 0 Å². The van der Waals surface area contributed by atoms with Gasteiger partial charge < -0.3 is 9.32 Å². The number of carbonyl (C=O) groups excluding carboxylic acids is 1. The monoisotopic (exact) mass is 348 g/mol. The van der Waals surface area contributed by atoms with E-state index in [1.807, 2.05) is 19.1 Å². The first-order chi connectivity index (χ1) is 11.3. The van der Waals surface area contributed by atoms with Gasteiger partial charge in [-0.25, -0.2) is 8.42 Å². The number of hydrogen-bond acceptors (Lipinski definition) is 4. The smallest absolute Gasteiger partial charge is 0.254 e. The van der Waals surface area contributed by atoms with E-state index >= 15 is 0 Å². The number of rotatable bonds is 4. The van der Waals surface area contributed by atoms with Gasteiger partial charge in [-0.3, -0.25) is 9.10 Å². The standard InChI is InChI=1S/C17H20N2O4S/c1-12-4-6-15(23-12)11-18(2)17(20)14-5-7-16-13(10-14)8-9-19(16)24(3,21)22/h4-7,10H,8-9,11H2,1-3H3. The summed E-state index contributed by atoms with van der Waals surface area (Å²) in [7, 11) is -1.56. The molecule has 0 saturated carbocycles. The van der Waals surface area contributed by atoms with Gasteiger partial charge in [0.2, 0.25) is 10.0 Å². The maximum atomic E-state index is 12.6. The lowest BCUT2D eigenvalue weighted by Gasteiger charge is -2.18. The van der Waals surface area contributed by atoms with Gasteiger partial charge in [-0.1, -0.05) is 0 Å². The van der Waals surface area contributed by atoms with Crippen LogP contribution in [0.4, 0.5) is 5.69 Å². The van der Waals surface area contributed by atoms with Crippen molar-refractivity contribution in [2.24, 2.45) is 0 Å². The molecule has 0 saturated heterocycles. The zero-order chi connectivity index (χ0) is 17.5. The van der Waals surface area contributed by atoms with E-state index in [9.17, 15) is 13.2 Å². The molecule has 0 radical (unpaired) electrons. The quantitative estimate of drug-likeness (QED) is 0.849. The molecule has 24 heavy (non-hydrogen) atoms. The summed E-state index contributed by atoms with van der Waals surface area (Å²) >= 11 is 0. The normalized spacial score (nSPS) is 13.9. The summed E-state index contributed by atoms with van der Waals surface area (Å²) in [6.07, 6.45) is 1.81. The molecule has 7 heteroatoms. The molecule has 0 bridgehead atoms. The van der Waals surface area contributed by atoms with Crippen LogP contribution in [0.15, 0.2) is 34.7 Å². The lowest BCUT2D eigenvalue weighted by Crippen LogP contribution is -2.27. The van der Waals surface area contributed by atoms with Gasteiger partial charge in [0.05, 0.1) is 18.5 Å². The molecule has 1 aliphatic rings. The maximum absolute atomic E-state index is 12.6. The van der Waals surface area contributed by atoms with Crippen LogP contribution in [0, 0.1) is 6.92 Å². The molecule has 0 unspecified atom stereocenters. The third-order valence-electron chi connectivity index (χ3n) is 4.12. The first-order valence-electron chi connectivity index (χ1n) is 7.67. The summed E-state index contributed by atoms with van der Waals surface area (Å²) in [5, 5.41) is 0. The van der Waals surface area contributed by atoms with Gasteiger partial charge in [0, 0.05) is 19.2 Å². The van der Waals surface area contributed by atoms with E-state index in [2.05, 4.69) is 0 Å². The fourth-order valence-electron chi connectivity index (χ4n) is 2.95. The molecule has 0 spiro atoms. The molecular formula is C17H20N2O4S. The first kappa shape index (κ1) is 16.6. The highest BCUT2D eigenvalue weighted by Crippen LogP contribution is 2.31. The predicted molar refractivity (Wildman–Crippen MR) is 91.6 cm³/mol. The van der Waals surface area contributed by atoms with Gasteiger partial charge in [-0.05, 0) is 49.2 Å². The van der Waals surface area contributed by atoms with Crippen LogP contribution < -0.4 is 4.31 Å². The van der Waals surface area contributed by atoms with E-state index in [4.69, 9.17) is 4.42 Å². The minimum absolute atomic E-state index is 0.121. The van der Waals surface area contributed by atoms with Crippen LogP contribution in [0.3, 0.4) is 0 Å². The largest absolute Gasteiger partial charge is 0.464 e. The number of hydrogen-bond donors (Lipinski definition) is 0. The van der Waals surface area contributed by atoms with Crippen LogP contribution in [0.25, 0.3) is 0 Å². The molecule has 2 heterocycles. The van der Waals surface area contributed by atoms with Crippen molar-refractivity contribution in [3.05, 3.63) is 53.0 Å². The topological polar surface area (TPSA) is 70.8 Å². The van der Waals surface area contributed by atoms with Gasteiger partial charge in [-0.15, -0.1) is 0 Å². The summed E-state index contributed by atoms with van der Waals surface area (Å²) in [6, 6.07) is 8.89. The summed E-state index contributed by atoms with van der Waals surface area (Å²) in [6.45, 7) is 2.67. The van der Waals surface area contributed by atoms with Crippen LogP contribution in [0.1, 0.15) is 27.4 Å². The Balaban J connectivity index is 1.79. The highest BCUT2D eigenvalue weighted by Gasteiger charge is 2.27. The fourth-order valence-corrected chi connectivity index (χ4v) is 3.90. The van der Waals surface area contributed by atoms with Gasteiger partial charge in [-0.2, -0.15) is 0 Å². The number of fused-ring (bicyclic) bond motifs is 1. The second-order valence-corrected chi connectivity index (χ2v) is 8.01. The third-order valence-corrected chi connectivity index (χ3v) is 5.30. The zero-order valence-electron chi connectivity index (χ0n) is 13.9. The Bertz CT molecular complexity index is 886. The van der Waals surface area contributed by atoms with Gasteiger partial charge in [0.25, 0.3) is 5.91 Å². The summed E-state index contributed by atoms with van der Waals surface area (Å²) in [4.78, 5) is 14.2. The van der Waals surface area contributed by atoms with Gasteiger partial charge in [0.15, 0.2) is 0 Å². The fraction of sp³-hybridized carbons (Fsp3) is 0.353. The Kier molecular flexibility index (Phi) is 4.13. The second kappa shape index (κ2) is 5.98. The van der Waals surface area contributed by atoms with E-state index < -0.39 is 10.0 Å². The number of sulfonamides is 1. The lowest BCUT2D eigenvalue weighted by molar-refractivity contribution is 0.0775. The molecule has 3 rings (SSSR count).